The number of hydrogen-bond acceptors (Lipinski definition) is 2. The van der Waals surface area contributed by atoms with E-state index in [2.05, 4.69) is 83.8 Å². The molecule has 2 aromatic heterocycles. The van der Waals surface area contributed by atoms with Gasteiger partial charge in [-0.3, -0.25) is 4.98 Å². The van der Waals surface area contributed by atoms with Crippen LogP contribution in [0.1, 0.15) is 26.7 Å². The van der Waals surface area contributed by atoms with Gasteiger partial charge in [-0.1, -0.05) is 80.6 Å². The number of para-hydroxylation sites is 1. The Morgan fingerprint density at radius 3 is 1.97 bits per heavy atom. The Bertz CT molecular complexity index is 1910. The fraction of sp³-hybridized carbons (Fsp3) is 0.0938. The van der Waals surface area contributed by atoms with E-state index < -0.39 is 5.89 Å². The Labute approximate surface area is 198 Å². The Morgan fingerprint density at radius 2 is 1.24 bits per heavy atom. The van der Waals surface area contributed by atoms with Crippen molar-refractivity contribution in [2.24, 2.45) is 0 Å². The van der Waals surface area contributed by atoms with Gasteiger partial charge in [-0.15, -0.1) is 0 Å². The summed E-state index contributed by atoms with van der Waals surface area (Å²) in [6.45, 7) is 3.80. The van der Waals surface area contributed by atoms with Crippen LogP contribution in [0.2, 0.25) is 0 Å². The molecule has 7 rings (SSSR count). The van der Waals surface area contributed by atoms with Crippen LogP contribution in [0.4, 0.5) is 0 Å². The van der Waals surface area contributed by atoms with Gasteiger partial charge in [0, 0.05) is 29.3 Å². The highest BCUT2D eigenvalue weighted by atomic mass is 16.3. The minimum Gasteiger partial charge on any atom is -0.455 e. The normalized spacial score (nSPS) is 12.8. The van der Waals surface area contributed by atoms with Gasteiger partial charge in [0.05, 0.1) is 5.69 Å². The summed E-state index contributed by atoms with van der Waals surface area (Å²) in [5, 5.41) is 9.44. The van der Waals surface area contributed by atoms with Gasteiger partial charge in [0.1, 0.15) is 11.2 Å². The van der Waals surface area contributed by atoms with Gasteiger partial charge in [0.25, 0.3) is 0 Å². The molecule has 0 atom stereocenters. The van der Waals surface area contributed by atoms with E-state index >= 15 is 0 Å². The molecule has 0 amide bonds. The molecule has 0 radical (unpaired) electrons. The summed E-state index contributed by atoms with van der Waals surface area (Å²) < 4.78 is 15.2. The van der Waals surface area contributed by atoms with Crippen LogP contribution in [-0.2, 0) is 0 Å². The van der Waals surface area contributed by atoms with Crippen molar-refractivity contribution < 1.29 is 5.79 Å². The molecule has 5 aromatic carbocycles. The fourth-order valence-corrected chi connectivity index (χ4v) is 5.33. The zero-order chi connectivity index (χ0) is 23.7. The second-order valence-corrected chi connectivity index (χ2v) is 9.17. The van der Waals surface area contributed by atoms with E-state index in [1.807, 2.05) is 26.0 Å². The van der Waals surface area contributed by atoms with Crippen LogP contribution in [-0.4, -0.2) is 4.98 Å². The van der Waals surface area contributed by atoms with Crippen molar-refractivity contribution in [1.82, 2.24) is 4.98 Å². The molecule has 0 fully saturated rings. The first-order valence-corrected chi connectivity index (χ1v) is 11.6. The average molecular weight is 439 g/mol. The van der Waals surface area contributed by atoms with Gasteiger partial charge in [0.15, 0.2) is 0 Å². The molecule has 34 heavy (non-hydrogen) atoms. The number of fused-ring (bicyclic) bond motifs is 10. The van der Waals surface area contributed by atoms with Gasteiger partial charge in [-0.05, 0) is 62.7 Å². The Hall–Kier alpha value is -4.17. The molecule has 0 saturated carbocycles. The predicted octanol–water partition coefficient (Wildman–Crippen LogP) is 9.23. The molecular formula is C32H23NO. The third-order valence-electron chi connectivity index (χ3n) is 6.98. The zero-order valence-electron chi connectivity index (χ0n) is 20.1. The number of furan rings is 1. The molecular weight excluding hydrogens is 414 g/mol. The lowest BCUT2D eigenvalue weighted by Crippen LogP contribution is -1.90. The minimum atomic E-state index is -0.699. The largest absolute Gasteiger partial charge is 0.455 e. The van der Waals surface area contributed by atoms with Gasteiger partial charge < -0.3 is 4.42 Å². The highest BCUT2D eigenvalue weighted by Crippen LogP contribution is 2.43. The average Bonchev–Trinajstić information content (AvgIpc) is 3.27. The molecule has 2 nitrogen and oxygen atoms in total. The van der Waals surface area contributed by atoms with Crippen LogP contribution in [0.3, 0.4) is 0 Å². The third-order valence-corrected chi connectivity index (χ3v) is 6.98. The van der Waals surface area contributed by atoms with Crippen molar-refractivity contribution >= 4 is 54.3 Å². The highest BCUT2D eigenvalue weighted by molar-refractivity contribution is 6.32. The molecule has 0 saturated heterocycles. The quantitative estimate of drug-likeness (QED) is 0.251. The standard InChI is InChI=1S/C32H23NO/c1-19(2)20-16-17-33-29(18-20)28-13-7-12-26-27-15-14-25-23-10-4-3-8-21(23)22-9-5-6-11-24(22)30(25)32(27)34-31(26)28/h3-19H,1-2H3/i19D. The van der Waals surface area contributed by atoms with Gasteiger partial charge >= 0.3 is 0 Å². The number of aromatic nitrogens is 1. The third kappa shape index (κ3) is 2.66. The monoisotopic (exact) mass is 438 g/mol. The van der Waals surface area contributed by atoms with Crippen molar-refractivity contribution in [2.45, 2.75) is 19.7 Å². The lowest BCUT2D eigenvalue weighted by molar-refractivity contribution is 0.674. The second kappa shape index (κ2) is 7.16. The fourth-order valence-electron chi connectivity index (χ4n) is 5.33. The smallest absolute Gasteiger partial charge is 0.144 e. The summed E-state index contributed by atoms with van der Waals surface area (Å²) in [4.78, 5) is 4.65. The van der Waals surface area contributed by atoms with Gasteiger partial charge in [-0.2, -0.15) is 0 Å². The van der Waals surface area contributed by atoms with Crippen molar-refractivity contribution in [1.29, 1.82) is 0 Å². The molecule has 0 spiro atoms. The van der Waals surface area contributed by atoms with E-state index in [4.69, 9.17) is 5.79 Å². The molecule has 2 heterocycles. The van der Waals surface area contributed by atoms with E-state index in [0.29, 0.717) is 0 Å². The Kier molecular flexibility index (Phi) is 3.85. The summed E-state index contributed by atoms with van der Waals surface area (Å²) in [6, 6.07) is 31.8. The minimum absolute atomic E-state index is 0.699. The molecule has 7 aromatic rings. The van der Waals surface area contributed by atoms with Crippen LogP contribution < -0.4 is 0 Å². The zero-order valence-corrected chi connectivity index (χ0v) is 19.1. The molecule has 0 bridgehead atoms. The van der Waals surface area contributed by atoms with Gasteiger partial charge in [0.2, 0.25) is 0 Å². The maximum atomic E-state index is 8.46. The van der Waals surface area contributed by atoms with Crippen LogP contribution in [0.5, 0.6) is 0 Å². The summed E-state index contributed by atoms with van der Waals surface area (Å²) in [6.07, 6.45) is 1.79. The number of rotatable bonds is 2. The Balaban J connectivity index is 1.63. The van der Waals surface area contributed by atoms with E-state index in [-0.39, 0.29) is 0 Å². The van der Waals surface area contributed by atoms with E-state index in [0.717, 1.165) is 44.1 Å². The van der Waals surface area contributed by atoms with Crippen molar-refractivity contribution in [3.63, 3.8) is 0 Å². The second-order valence-electron chi connectivity index (χ2n) is 9.17. The van der Waals surface area contributed by atoms with E-state index in [1.165, 1.54) is 26.9 Å². The summed E-state index contributed by atoms with van der Waals surface area (Å²) in [7, 11) is 0. The number of nitrogens with zero attached hydrogens (tertiary/aromatic N) is 1. The maximum Gasteiger partial charge on any atom is 0.144 e. The number of pyridine rings is 1. The molecule has 0 aliphatic heterocycles. The van der Waals surface area contributed by atoms with Crippen molar-refractivity contribution in [3.05, 3.63) is 103 Å². The maximum absolute atomic E-state index is 8.46. The van der Waals surface area contributed by atoms with Crippen LogP contribution in [0.15, 0.2) is 102 Å². The highest BCUT2D eigenvalue weighted by Gasteiger charge is 2.18. The lowest BCUT2D eigenvalue weighted by Gasteiger charge is -2.10. The predicted molar refractivity (Wildman–Crippen MR) is 144 cm³/mol. The Morgan fingerprint density at radius 1 is 0.647 bits per heavy atom. The molecule has 0 N–H and O–H groups in total. The first-order valence-electron chi connectivity index (χ1n) is 12.1. The lowest BCUT2D eigenvalue weighted by atomic mass is 9.93. The summed E-state index contributed by atoms with van der Waals surface area (Å²) in [5.41, 5.74) is 4.44. The summed E-state index contributed by atoms with van der Waals surface area (Å²) in [5.74, 6) is -0.699. The number of hydrogen-bond donors (Lipinski definition) is 0. The van der Waals surface area contributed by atoms with Crippen molar-refractivity contribution in [2.75, 3.05) is 0 Å². The van der Waals surface area contributed by atoms with Crippen molar-refractivity contribution in [3.8, 4) is 11.3 Å². The van der Waals surface area contributed by atoms with E-state index in [1.54, 1.807) is 6.20 Å². The van der Waals surface area contributed by atoms with Crippen LogP contribution >= 0.6 is 0 Å². The van der Waals surface area contributed by atoms with E-state index in [9.17, 15) is 0 Å². The van der Waals surface area contributed by atoms with Crippen LogP contribution in [0, 0.1) is 0 Å². The SMILES string of the molecule is [2H]C(C)(C)c1ccnc(-c2cccc3c2oc2c3ccc3c4ccccc4c4ccccc4c32)c1. The molecule has 0 unspecified atom stereocenters. The molecule has 0 aliphatic carbocycles. The first kappa shape index (κ1) is 18.3. The molecule has 0 aliphatic rings. The topological polar surface area (TPSA) is 26.0 Å². The summed E-state index contributed by atoms with van der Waals surface area (Å²) >= 11 is 0. The number of benzene rings is 5. The molecule has 162 valence electrons. The van der Waals surface area contributed by atoms with Gasteiger partial charge in [-0.25, -0.2) is 0 Å². The first-order chi connectivity index (χ1) is 17.0. The molecule has 2 heteroatoms. The van der Waals surface area contributed by atoms with Crippen LogP contribution in [0.25, 0.3) is 65.5 Å².